The summed E-state index contributed by atoms with van der Waals surface area (Å²) in [7, 11) is 0. The molecular formula is C9H17BrOS. The van der Waals surface area contributed by atoms with Crippen LogP contribution in [0.2, 0.25) is 0 Å². The van der Waals surface area contributed by atoms with E-state index in [2.05, 4.69) is 43.6 Å². The summed E-state index contributed by atoms with van der Waals surface area (Å²) in [6, 6.07) is 0. The molecule has 0 fully saturated rings. The molecule has 0 unspecified atom stereocenters. The second-order valence-corrected chi connectivity index (χ2v) is 8.28. The molecule has 0 aromatic carbocycles. The number of hydrogen-bond donors (Lipinski definition) is 0. The van der Waals surface area contributed by atoms with E-state index in [0.717, 1.165) is 6.42 Å². The van der Waals surface area contributed by atoms with E-state index in [-0.39, 0.29) is 14.2 Å². The third-order valence-electron chi connectivity index (χ3n) is 1.27. The zero-order chi connectivity index (χ0) is 9.99. The molecule has 0 aromatic rings. The van der Waals surface area contributed by atoms with Gasteiger partial charge in [-0.15, -0.1) is 0 Å². The number of hydrogen-bond acceptors (Lipinski definition) is 2. The highest BCUT2D eigenvalue weighted by molar-refractivity contribution is 9.10. The van der Waals surface area contributed by atoms with Crippen LogP contribution >= 0.6 is 27.7 Å². The minimum atomic E-state index is 0.0266. The first-order valence-electron chi connectivity index (χ1n) is 4.01. The molecule has 12 heavy (non-hydrogen) atoms. The van der Waals surface area contributed by atoms with Crippen LogP contribution in [0.4, 0.5) is 0 Å². The molecule has 0 aromatic heterocycles. The molecule has 0 heterocycles. The first-order chi connectivity index (χ1) is 5.12. The summed E-state index contributed by atoms with van der Waals surface area (Å²) in [5.74, 6) is 0. The SMILES string of the molecule is CC(=O)SC(C)(C)CC(C)(C)Br. The van der Waals surface area contributed by atoms with Crippen LogP contribution in [0.15, 0.2) is 0 Å². The summed E-state index contributed by atoms with van der Waals surface area (Å²) in [5.41, 5.74) is 0. The van der Waals surface area contributed by atoms with E-state index >= 15 is 0 Å². The predicted octanol–water partition coefficient (Wildman–Crippen LogP) is 3.61. The number of halogens is 1. The molecule has 72 valence electrons. The van der Waals surface area contributed by atoms with Gasteiger partial charge < -0.3 is 0 Å². The van der Waals surface area contributed by atoms with Crippen molar-refractivity contribution in [1.82, 2.24) is 0 Å². The fourth-order valence-electron chi connectivity index (χ4n) is 1.44. The van der Waals surface area contributed by atoms with E-state index < -0.39 is 0 Å². The van der Waals surface area contributed by atoms with Crippen LogP contribution in [-0.4, -0.2) is 14.2 Å². The van der Waals surface area contributed by atoms with Crippen LogP contribution in [0.1, 0.15) is 41.0 Å². The minimum Gasteiger partial charge on any atom is -0.288 e. The Morgan fingerprint density at radius 3 is 2.00 bits per heavy atom. The predicted molar refractivity (Wildman–Crippen MR) is 60.0 cm³/mol. The van der Waals surface area contributed by atoms with E-state index in [9.17, 15) is 4.79 Å². The summed E-state index contributed by atoms with van der Waals surface area (Å²) >= 11 is 4.99. The topological polar surface area (TPSA) is 17.1 Å². The Morgan fingerprint density at radius 1 is 1.33 bits per heavy atom. The van der Waals surface area contributed by atoms with E-state index in [4.69, 9.17) is 0 Å². The summed E-state index contributed by atoms with van der Waals surface area (Å²) in [4.78, 5) is 10.9. The summed E-state index contributed by atoms with van der Waals surface area (Å²) in [6.07, 6.45) is 0.976. The molecule has 0 amide bonds. The average molecular weight is 253 g/mol. The number of thioether (sulfide) groups is 1. The number of carbonyl (C=O) groups excluding carboxylic acids is 1. The Balaban J connectivity index is 4.13. The molecule has 0 spiro atoms. The molecule has 0 saturated heterocycles. The van der Waals surface area contributed by atoms with Crippen molar-refractivity contribution in [2.24, 2.45) is 0 Å². The van der Waals surface area contributed by atoms with Crippen molar-refractivity contribution in [3.63, 3.8) is 0 Å². The molecule has 0 radical (unpaired) electrons. The van der Waals surface area contributed by atoms with Crippen molar-refractivity contribution in [1.29, 1.82) is 0 Å². The van der Waals surface area contributed by atoms with E-state index in [1.54, 1.807) is 6.92 Å². The fourth-order valence-corrected chi connectivity index (χ4v) is 3.54. The molecule has 3 heteroatoms. The molecule has 0 rings (SSSR count). The fraction of sp³-hybridized carbons (Fsp3) is 0.889. The lowest BCUT2D eigenvalue weighted by atomic mass is 10.00. The molecule has 0 aliphatic carbocycles. The van der Waals surface area contributed by atoms with Gasteiger partial charge in [0.15, 0.2) is 5.12 Å². The average Bonchev–Trinajstić information content (AvgIpc) is 1.48. The van der Waals surface area contributed by atoms with Crippen molar-refractivity contribution in [2.75, 3.05) is 0 Å². The lowest BCUT2D eigenvalue weighted by Gasteiger charge is -2.29. The van der Waals surface area contributed by atoms with Crippen molar-refractivity contribution in [2.45, 2.75) is 50.1 Å². The van der Waals surface area contributed by atoms with Gasteiger partial charge in [0.25, 0.3) is 0 Å². The van der Waals surface area contributed by atoms with E-state index in [1.807, 2.05) is 0 Å². The second-order valence-electron chi connectivity index (χ2n) is 4.25. The summed E-state index contributed by atoms with van der Waals surface area (Å²) < 4.78 is 0.137. The number of alkyl halides is 1. The van der Waals surface area contributed by atoms with Crippen LogP contribution in [0.5, 0.6) is 0 Å². The van der Waals surface area contributed by atoms with Gasteiger partial charge in [0, 0.05) is 16.0 Å². The number of carbonyl (C=O) groups is 1. The Kier molecular flexibility index (Phi) is 4.31. The standard InChI is InChI=1S/C9H17BrOS/c1-7(11)12-9(4,5)6-8(2,3)10/h6H2,1-5H3. The highest BCUT2D eigenvalue weighted by Crippen LogP contribution is 2.36. The van der Waals surface area contributed by atoms with Crippen LogP contribution in [0, 0.1) is 0 Å². The quantitative estimate of drug-likeness (QED) is 0.715. The lowest BCUT2D eigenvalue weighted by Crippen LogP contribution is -2.26. The van der Waals surface area contributed by atoms with Crippen molar-refractivity contribution in [3.05, 3.63) is 0 Å². The van der Waals surface area contributed by atoms with Crippen LogP contribution in [-0.2, 0) is 4.79 Å². The molecule has 0 bridgehead atoms. The van der Waals surface area contributed by atoms with Gasteiger partial charge in [-0.05, 0) is 6.42 Å². The molecule has 0 atom stereocenters. The third kappa shape index (κ3) is 7.17. The molecule has 0 N–H and O–H groups in total. The van der Waals surface area contributed by atoms with Crippen LogP contribution in [0.3, 0.4) is 0 Å². The third-order valence-corrected chi connectivity index (χ3v) is 2.53. The Labute approximate surface area is 87.8 Å². The van der Waals surface area contributed by atoms with Crippen molar-refractivity contribution < 1.29 is 4.79 Å². The van der Waals surface area contributed by atoms with E-state index in [1.165, 1.54) is 11.8 Å². The van der Waals surface area contributed by atoms with Gasteiger partial charge in [-0.25, -0.2) is 0 Å². The maximum atomic E-state index is 10.9. The van der Waals surface area contributed by atoms with Gasteiger partial charge in [-0.2, -0.15) is 0 Å². The molecule has 0 saturated carbocycles. The molecule has 1 nitrogen and oxygen atoms in total. The lowest BCUT2D eigenvalue weighted by molar-refractivity contribution is -0.109. The molecule has 0 aliphatic heterocycles. The first kappa shape index (κ1) is 12.5. The Bertz CT molecular complexity index is 170. The van der Waals surface area contributed by atoms with Crippen LogP contribution < -0.4 is 0 Å². The van der Waals surface area contributed by atoms with Gasteiger partial charge in [-0.3, -0.25) is 4.79 Å². The minimum absolute atomic E-state index is 0.0266. The normalized spacial score (nSPS) is 13.2. The van der Waals surface area contributed by atoms with Gasteiger partial charge in [-0.1, -0.05) is 55.4 Å². The zero-order valence-electron chi connectivity index (χ0n) is 8.40. The largest absolute Gasteiger partial charge is 0.288 e. The Morgan fingerprint density at radius 2 is 1.75 bits per heavy atom. The monoisotopic (exact) mass is 252 g/mol. The Hall–Kier alpha value is 0.500. The maximum Gasteiger partial charge on any atom is 0.186 e. The van der Waals surface area contributed by atoms with Gasteiger partial charge in [0.05, 0.1) is 0 Å². The summed E-state index contributed by atoms with van der Waals surface area (Å²) in [6.45, 7) is 10.1. The first-order valence-corrected chi connectivity index (χ1v) is 5.62. The highest BCUT2D eigenvalue weighted by Gasteiger charge is 2.28. The van der Waals surface area contributed by atoms with Gasteiger partial charge in [0.2, 0.25) is 0 Å². The number of rotatable bonds is 3. The maximum absolute atomic E-state index is 10.9. The van der Waals surface area contributed by atoms with Crippen LogP contribution in [0.25, 0.3) is 0 Å². The second kappa shape index (κ2) is 4.14. The smallest absolute Gasteiger partial charge is 0.186 e. The zero-order valence-corrected chi connectivity index (χ0v) is 10.8. The highest BCUT2D eigenvalue weighted by atomic mass is 79.9. The van der Waals surface area contributed by atoms with Gasteiger partial charge >= 0.3 is 0 Å². The van der Waals surface area contributed by atoms with Crippen molar-refractivity contribution >= 4 is 32.8 Å². The molecular weight excluding hydrogens is 236 g/mol. The molecule has 0 aliphatic rings. The summed E-state index contributed by atoms with van der Waals surface area (Å²) in [5, 5.41) is 0.191. The van der Waals surface area contributed by atoms with Gasteiger partial charge in [0.1, 0.15) is 0 Å². The van der Waals surface area contributed by atoms with E-state index in [0.29, 0.717) is 0 Å². The van der Waals surface area contributed by atoms with Crippen molar-refractivity contribution in [3.8, 4) is 0 Å².